The molecule has 7 heteroatoms. The van der Waals surface area contributed by atoms with E-state index in [4.69, 9.17) is 5.73 Å². The first kappa shape index (κ1) is 12.2. The maximum absolute atomic E-state index is 11.7. The Hall–Kier alpha value is -2.28. The number of hydrogen-bond donors (Lipinski definition) is 2. The fraction of sp³-hybridized carbons (Fsp3) is 0.273. The van der Waals surface area contributed by atoms with Crippen LogP contribution in [0.4, 0.5) is 5.69 Å². The Morgan fingerprint density at radius 2 is 2.22 bits per heavy atom. The number of benzene rings is 1. The summed E-state index contributed by atoms with van der Waals surface area (Å²) in [7, 11) is 0. The van der Waals surface area contributed by atoms with E-state index in [9.17, 15) is 4.79 Å². The van der Waals surface area contributed by atoms with E-state index in [1.807, 2.05) is 6.07 Å². The van der Waals surface area contributed by atoms with Crippen LogP contribution in [0.2, 0.25) is 0 Å². The average Bonchev–Trinajstić information content (AvgIpc) is 2.81. The molecule has 94 valence electrons. The van der Waals surface area contributed by atoms with E-state index >= 15 is 0 Å². The van der Waals surface area contributed by atoms with Gasteiger partial charge in [-0.1, -0.05) is 6.07 Å². The topological polar surface area (TPSA) is 98.7 Å². The molecule has 0 fully saturated rings. The maximum Gasteiger partial charge on any atom is 0.243 e. The van der Waals surface area contributed by atoms with Gasteiger partial charge in [0.2, 0.25) is 5.91 Å². The first-order valence-electron chi connectivity index (χ1n) is 5.40. The Labute approximate surface area is 104 Å². The van der Waals surface area contributed by atoms with Gasteiger partial charge in [-0.25, -0.2) is 4.68 Å². The summed E-state index contributed by atoms with van der Waals surface area (Å²) in [5.74, 6) is -0.253. The molecule has 0 bridgehead atoms. The van der Waals surface area contributed by atoms with Gasteiger partial charge in [0.05, 0.1) is 11.2 Å². The van der Waals surface area contributed by atoms with Gasteiger partial charge in [-0.05, 0) is 42.5 Å². The van der Waals surface area contributed by atoms with Crippen LogP contribution in [-0.2, 0) is 4.79 Å². The third kappa shape index (κ3) is 2.69. The van der Waals surface area contributed by atoms with Crippen molar-refractivity contribution < 1.29 is 4.79 Å². The maximum atomic E-state index is 11.7. The van der Waals surface area contributed by atoms with Gasteiger partial charge in [-0.15, -0.1) is 5.10 Å². The molecule has 0 aliphatic heterocycles. The minimum atomic E-state index is -0.926. The van der Waals surface area contributed by atoms with Crippen LogP contribution in [0.5, 0.6) is 0 Å². The van der Waals surface area contributed by atoms with Crippen molar-refractivity contribution in [1.82, 2.24) is 20.2 Å². The van der Waals surface area contributed by atoms with Crippen molar-refractivity contribution in [3.63, 3.8) is 0 Å². The number of nitrogens with two attached hydrogens (primary N) is 1. The number of amides is 1. The van der Waals surface area contributed by atoms with Crippen molar-refractivity contribution in [1.29, 1.82) is 0 Å². The SMILES string of the molecule is CC(C)(N)C(=O)Nc1cccc(-n2cnnn2)c1. The number of nitrogens with one attached hydrogen (secondary N) is 1. The highest BCUT2D eigenvalue weighted by Gasteiger charge is 2.21. The summed E-state index contributed by atoms with van der Waals surface area (Å²) in [6.07, 6.45) is 1.48. The second kappa shape index (κ2) is 4.53. The highest BCUT2D eigenvalue weighted by atomic mass is 16.2. The van der Waals surface area contributed by atoms with Gasteiger partial charge in [0.25, 0.3) is 0 Å². The molecule has 1 aromatic heterocycles. The van der Waals surface area contributed by atoms with Crippen molar-refractivity contribution in [3.8, 4) is 5.69 Å². The van der Waals surface area contributed by atoms with Gasteiger partial charge in [-0.3, -0.25) is 4.79 Å². The van der Waals surface area contributed by atoms with Crippen LogP contribution < -0.4 is 11.1 Å². The lowest BCUT2D eigenvalue weighted by atomic mass is 10.1. The molecule has 7 nitrogen and oxygen atoms in total. The molecule has 0 spiro atoms. The molecule has 0 saturated carbocycles. The highest BCUT2D eigenvalue weighted by Crippen LogP contribution is 2.14. The van der Waals surface area contributed by atoms with E-state index in [0.717, 1.165) is 5.69 Å². The summed E-state index contributed by atoms with van der Waals surface area (Å²) < 4.78 is 1.50. The predicted octanol–water partition coefficient (Wildman–Crippen LogP) is 0.338. The van der Waals surface area contributed by atoms with Crippen molar-refractivity contribution in [2.75, 3.05) is 5.32 Å². The molecule has 0 saturated heterocycles. The smallest absolute Gasteiger partial charge is 0.243 e. The number of anilines is 1. The molecular weight excluding hydrogens is 232 g/mol. The fourth-order valence-corrected chi connectivity index (χ4v) is 1.30. The van der Waals surface area contributed by atoms with Crippen LogP contribution in [0, 0.1) is 0 Å². The minimum absolute atomic E-state index is 0.253. The minimum Gasteiger partial charge on any atom is -0.324 e. The lowest BCUT2D eigenvalue weighted by Gasteiger charge is -2.18. The Balaban J connectivity index is 2.21. The van der Waals surface area contributed by atoms with Crippen LogP contribution in [0.15, 0.2) is 30.6 Å². The average molecular weight is 246 g/mol. The van der Waals surface area contributed by atoms with Gasteiger partial charge in [-0.2, -0.15) is 0 Å². The van der Waals surface area contributed by atoms with Gasteiger partial charge in [0, 0.05) is 5.69 Å². The van der Waals surface area contributed by atoms with Crippen molar-refractivity contribution in [3.05, 3.63) is 30.6 Å². The van der Waals surface area contributed by atoms with E-state index in [1.165, 1.54) is 11.0 Å². The van der Waals surface area contributed by atoms with E-state index in [1.54, 1.807) is 32.0 Å². The first-order valence-corrected chi connectivity index (χ1v) is 5.40. The number of aromatic nitrogens is 4. The quantitative estimate of drug-likeness (QED) is 0.813. The normalized spacial score (nSPS) is 11.3. The Morgan fingerprint density at radius 1 is 1.44 bits per heavy atom. The lowest BCUT2D eigenvalue weighted by Crippen LogP contribution is -2.45. The summed E-state index contributed by atoms with van der Waals surface area (Å²) in [5, 5.41) is 13.6. The molecule has 0 radical (unpaired) electrons. The summed E-state index contributed by atoms with van der Waals surface area (Å²) in [5.41, 5.74) is 6.19. The summed E-state index contributed by atoms with van der Waals surface area (Å²) in [6.45, 7) is 3.29. The zero-order valence-corrected chi connectivity index (χ0v) is 10.2. The molecule has 1 aromatic carbocycles. The van der Waals surface area contributed by atoms with Crippen LogP contribution >= 0.6 is 0 Å². The van der Waals surface area contributed by atoms with Crippen molar-refractivity contribution >= 4 is 11.6 Å². The Bertz CT molecular complexity index is 543. The largest absolute Gasteiger partial charge is 0.324 e. The molecule has 0 aliphatic carbocycles. The molecule has 2 rings (SSSR count). The number of nitrogens with zero attached hydrogens (tertiary/aromatic N) is 4. The molecule has 1 amide bonds. The van der Waals surface area contributed by atoms with Gasteiger partial charge in [0.15, 0.2) is 0 Å². The molecule has 0 aliphatic rings. The molecule has 0 unspecified atom stereocenters. The Kier molecular flexibility index (Phi) is 3.07. The third-order valence-corrected chi connectivity index (χ3v) is 2.30. The lowest BCUT2D eigenvalue weighted by molar-refractivity contribution is -0.120. The monoisotopic (exact) mass is 246 g/mol. The second-order valence-corrected chi connectivity index (χ2v) is 4.48. The van der Waals surface area contributed by atoms with Crippen LogP contribution in [0.1, 0.15) is 13.8 Å². The number of hydrogen-bond acceptors (Lipinski definition) is 5. The molecule has 0 atom stereocenters. The van der Waals surface area contributed by atoms with Gasteiger partial charge >= 0.3 is 0 Å². The van der Waals surface area contributed by atoms with Crippen molar-refractivity contribution in [2.24, 2.45) is 5.73 Å². The van der Waals surface area contributed by atoms with Gasteiger partial charge < -0.3 is 11.1 Å². The molecule has 1 heterocycles. The van der Waals surface area contributed by atoms with E-state index in [-0.39, 0.29) is 5.91 Å². The number of rotatable bonds is 3. The molecule has 2 aromatic rings. The summed E-state index contributed by atoms with van der Waals surface area (Å²) in [4.78, 5) is 11.7. The highest BCUT2D eigenvalue weighted by molar-refractivity contribution is 5.97. The van der Waals surface area contributed by atoms with Crippen LogP contribution in [0.25, 0.3) is 5.69 Å². The standard InChI is InChI=1S/C11H14N6O/c1-11(2,12)10(18)14-8-4-3-5-9(6-8)17-7-13-15-16-17/h3-7H,12H2,1-2H3,(H,14,18). The van der Waals surface area contributed by atoms with E-state index in [0.29, 0.717) is 5.69 Å². The first-order chi connectivity index (χ1) is 8.47. The van der Waals surface area contributed by atoms with Crippen LogP contribution in [-0.4, -0.2) is 31.7 Å². The molecule has 3 N–H and O–H groups in total. The number of carbonyl (C=O) groups excluding carboxylic acids is 1. The predicted molar refractivity (Wildman–Crippen MR) is 66.1 cm³/mol. The van der Waals surface area contributed by atoms with E-state index in [2.05, 4.69) is 20.8 Å². The van der Waals surface area contributed by atoms with Crippen molar-refractivity contribution in [2.45, 2.75) is 19.4 Å². The fourth-order valence-electron chi connectivity index (χ4n) is 1.30. The molecule has 18 heavy (non-hydrogen) atoms. The summed E-state index contributed by atoms with van der Waals surface area (Å²) >= 11 is 0. The zero-order chi connectivity index (χ0) is 13.2. The van der Waals surface area contributed by atoms with Crippen LogP contribution in [0.3, 0.4) is 0 Å². The second-order valence-electron chi connectivity index (χ2n) is 4.48. The Morgan fingerprint density at radius 3 is 2.83 bits per heavy atom. The number of tetrazole rings is 1. The molecular formula is C11H14N6O. The summed E-state index contributed by atoms with van der Waals surface area (Å²) in [6, 6.07) is 7.17. The van der Waals surface area contributed by atoms with Gasteiger partial charge in [0.1, 0.15) is 6.33 Å². The zero-order valence-electron chi connectivity index (χ0n) is 10.2. The number of carbonyl (C=O) groups is 1. The third-order valence-electron chi connectivity index (χ3n) is 2.30. The van der Waals surface area contributed by atoms with E-state index < -0.39 is 5.54 Å².